The Kier molecular flexibility index (Phi) is 5.41. The maximum Gasteiger partial charge on any atom is 0.244 e. The van der Waals surface area contributed by atoms with Crippen molar-refractivity contribution in [3.05, 3.63) is 59.3 Å². The molecule has 1 aromatic heterocycles. The summed E-state index contributed by atoms with van der Waals surface area (Å²) in [6, 6.07) is 4.95. The summed E-state index contributed by atoms with van der Waals surface area (Å²) in [5.74, 6) is -4.78. The lowest BCUT2D eigenvalue weighted by atomic mass is 10.2. The minimum Gasteiger partial charge on any atom is -0.462 e. The van der Waals surface area contributed by atoms with E-state index in [-0.39, 0.29) is 0 Å². The predicted octanol–water partition coefficient (Wildman–Crippen LogP) is 2.77. The van der Waals surface area contributed by atoms with Crippen LogP contribution in [-0.4, -0.2) is 18.4 Å². The van der Waals surface area contributed by atoms with Gasteiger partial charge in [0.15, 0.2) is 17.5 Å². The Labute approximate surface area is 135 Å². The van der Waals surface area contributed by atoms with Gasteiger partial charge in [-0.25, -0.2) is 13.2 Å². The van der Waals surface area contributed by atoms with Gasteiger partial charge in [-0.1, -0.05) is 0 Å². The quantitative estimate of drug-likeness (QED) is 0.650. The Bertz CT molecular complexity index is 800. The molecule has 1 aromatic carbocycles. The van der Waals surface area contributed by atoms with E-state index in [0.717, 1.165) is 12.1 Å². The summed E-state index contributed by atoms with van der Waals surface area (Å²) in [5, 5.41) is 4.29. The third kappa shape index (κ3) is 4.48. The van der Waals surface area contributed by atoms with Gasteiger partial charge in [0.05, 0.1) is 12.2 Å². The Balaban J connectivity index is 1.86. The summed E-state index contributed by atoms with van der Waals surface area (Å²) in [4.78, 5) is 23.1. The van der Waals surface area contributed by atoms with Crippen molar-refractivity contribution in [1.29, 1.82) is 0 Å². The molecule has 0 bridgehead atoms. The molecule has 0 spiro atoms. The molecule has 8 heteroatoms. The van der Waals surface area contributed by atoms with Gasteiger partial charge in [0.25, 0.3) is 0 Å². The molecule has 2 amide bonds. The molecule has 2 N–H and O–H groups in total. The van der Waals surface area contributed by atoms with Gasteiger partial charge < -0.3 is 15.1 Å². The Morgan fingerprint density at radius 3 is 2.54 bits per heavy atom. The number of hydrogen-bond donors (Lipinski definition) is 2. The molecular formula is C16H13F3N2O3. The summed E-state index contributed by atoms with van der Waals surface area (Å²) < 4.78 is 44.4. The maximum atomic E-state index is 13.4. The number of benzene rings is 1. The van der Waals surface area contributed by atoms with Gasteiger partial charge in [0.1, 0.15) is 11.5 Å². The minimum absolute atomic E-state index is 0.468. The van der Waals surface area contributed by atoms with Gasteiger partial charge in [-0.05, 0) is 37.3 Å². The van der Waals surface area contributed by atoms with E-state index in [9.17, 15) is 22.8 Å². The van der Waals surface area contributed by atoms with Gasteiger partial charge in [0.2, 0.25) is 11.8 Å². The fraction of sp³-hybridized carbons (Fsp3) is 0.125. The van der Waals surface area contributed by atoms with Crippen LogP contribution in [-0.2, 0) is 9.59 Å². The maximum absolute atomic E-state index is 13.4. The first-order valence-corrected chi connectivity index (χ1v) is 6.82. The van der Waals surface area contributed by atoms with Crippen LogP contribution in [0.5, 0.6) is 0 Å². The van der Waals surface area contributed by atoms with E-state index in [1.54, 1.807) is 19.1 Å². The van der Waals surface area contributed by atoms with E-state index in [1.165, 1.54) is 6.08 Å². The molecule has 2 aromatic rings. The van der Waals surface area contributed by atoms with Gasteiger partial charge in [-0.3, -0.25) is 9.59 Å². The lowest BCUT2D eigenvalue weighted by molar-refractivity contribution is -0.121. The largest absolute Gasteiger partial charge is 0.462 e. The number of carbonyl (C=O) groups is 2. The van der Waals surface area contributed by atoms with Crippen LogP contribution in [0.25, 0.3) is 6.08 Å². The average Bonchev–Trinajstić information content (AvgIpc) is 2.97. The first kappa shape index (κ1) is 17.3. The standard InChI is InChI=1S/C16H13F3N2O3/c1-9-2-3-10(24-9)4-7-13(22)20-8-14(23)21-12-6-5-11(17)15(18)16(12)19/h2-7H,8H2,1H3,(H,20,22)(H,21,23). The van der Waals surface area contributed by atoms with Crippen LogP contribution in [0, 0.1) is 24.4 Å². The van der Waals surface area contributed by atoms with Crippen LogP contribution in [0.1, 0.15) is 11.5 Å². The second kappa shape index (κ2) is 7.49. The molecule has 0 atom stereocenters. The van der Waals surface area contributed by atoms with Crippen molar-refractivity contribution >= 4 is 23.6 Å². The molecular weight excluding hydrogens is 325 g/mol. The van der Waals surface area contributed by atoms with Crippen LogP contribution in [0.15, 0.2) is 34.8 Å². The molecule has 0 aliphatic carbocycles. The molecule has 24 heavy (non-hydrogen) atoms. The number of amides is 2. The summed E-state index contributed by atoms with van der Waals surface area (Å²) in [6.07, 6.45) is 2.57. The van der Waals surface area contributed by atoms with Crippen LogP contribution >= 0.6 is 0 Å². The SMILES string of the molecule is Cc1ccc(C=CC(=O)NCC(=O)Nc2ccc(F)c(F)c2F)o1. The lowest BCUT2D eigenvalue weighted by Gasteiger charge is -2.07. The second-order valence-electron chi connectivity index (χ2n) is 4.77. The second-order valence-corrected chi connectivity index (χ2v) is 4.77. The molecule has 1 heterocycles. The van der Waals surface area contributed by atoms with E-state index in [4.69, 9.17) is 4.42 Å². The monoisotopic (exact) mass is 338 g/mol. The van der Waals surface area contributed by atoms with Crippen LogP contribution in [0.4, 0.5) is 18.9 Å². The molecule has 0 saturated carbocycles. The molecule has 0 aliphatic rings. The van der Waals surface area contributed by atoms with Crippen molar-refractivity contribution in [3.63, 3.8) is 0 Å². The molecule has 0 aliphatic heterocycles. The Morgan fingerprint density at radius 2 is 1.88 bits per heavy atom. The summed E-state index contributed by atoms with van der Waals surface area (Å²) in [6.45, 7) is 1.28. The molecule has 126 valence electrons. The molecule has 0 unspecified atom stereocenters. The number of hydrogen-bond acceptors (Lipinski definition) is 3. The van der Waals surface area contributed by atoms with Crippen molar-refractivity contribution in [2.75, 3.05) is 11.9 Å². The number of furan rings is 1. The highest BCUT2D eigenvalue weighted by molar-refractivity contribution is 5.97. The summed E-state index contributed by atoms with van der Waals surface area (Å²) in [5.41, 5.74) is -0.519. The van der Waals surface area contributed by atoms with Crippen LogP contribution in [0.2, 0.25) is 0 Å². The van der Waals surface area contributed by atoms with Crippen LogP contribution < -0.4 is 10.6 Å². The van der Waals surface area contributed by atoms with Gasteiger partial charge in [0, 0.05) is 6.08 Å². The first-order valence-electron chi connectivity index (χ1n) is 6.82. The van der Waals surface area contributed by atoms with Gasteiger partial charge in [-0.2, -0.15) is 0 Å². The fourth-order valence-electron chi connectivity index (χ4n) is 1.74. The molecule has 0 saturated heterocycles. The highest BCUT2D eigenvalue weighted by Gasteiger charge is 2.15. The first-order chi connectivity index (χ1) is 11.4. The topological polar surface area (TPSA) is 71.3 Å². The van der Waals surface area contributed by atoms with Crippen LogP contribution in [0.3, 0.4) is 0 Å². The number of carbonyl (C=O) groups excluding carboxylic acids is 2. The zero-order valence-corrected chi connectivity index (χ0v) is 12.5. The van der Waals surface area contributed by atoms with E-state index >= 15 is 0 Å². The molecule has 2 rings (SSSR count). The van der Waals surface area contributed by atoms with Crippen molar-refractivity contribution in [1.82, 2.24) is 5.32 Å². The third-order valence-corrected chi connectivity index (χ3v) is 2.89. The van der Waals surface area contributed by atoms with Gasteiger partial charge in [-0.15, -0.1) is 0 Å². The molecule has 0 fully saturated rings. The highest BCUT2D eigenvalue weighted by Crippen LogP contribution is 2.19. The zero-order valence-electron chi connectivity index (χ0n) is 12.5. The molecule has 0 radical (unpaired) electrons. The Morgan fingerprint density at radius 1 is 1.12 bits per heavy atom. The third-order valence-electron chi connectivity index (χ3n) is 2.89. The number of anilines is 1. The minimum atomic E-state index is -1.69. The normalized spacial score (nSPS) is 10.8. The van der Waals surface area contributed by atoms with E-state index in [0.29, 0.717) is 17.6 Å². The van der Waals surface area contributed by atoms with Gasteiger partial charge >= 0.3 is 0 Å². The van der Waals surface area contributed by atoms with E-state index < -0.39 is 41.5 Å². The summed E-state index contributed by atoms with van der Waals surface area (Å²) >= 11 is 0. The Hall–Kier alpha value is -3.03. The number of halogens is 3. The number of rotatable bonds is 5. The van der Waals surface area contributed by atoms with Crippen molar-refractivity contribution in [2.45, 2.75) is 6.92 Å². The average molecular weight is 338 g/mol. The zero-order chi connectivity index (χ0) is 17.7. The number of nitrogens with one attached hydrogen (secondary N) is 2. The summed E-state index contributed by atoms with van der Waals surface area (Å²) in [7, 11) is 0. The van der Waals surface area contributed by atoms with Crippen molar-refractivity contribution in [2.24, 2.45) is 0 Å². The number of aryl methyl sites for hydroxylation is 1. The highest BCUT2D eigenvalue weighted by atomic mass is 19.2. The lowest BCUT2D eigenvalue weighted by Crippen LogP contribution is -2.32. The van der Waals surface area contributed by atoms with Crippen molar-refractivity contribution < 1.29 is 27.2 Å². The van der Waals surface area contributed by atoms with E-state index in [1.807, 2.05) is 5.32 Å². The molecule has 5 nitrogen and oxygen atoms in total. The fourth-order valence-corrected chi connectivity index (χ4v) is 1.74. The smallest absolute Gasteiger partial charge is 0.244 e. The van der Waals surface area contributed by atoms with E-state index in [2.05, 4.69) is 5.32 Å². The van der Waals surface area contributed by atoms with Crippen molar-refractivity contribution in [3.8, 4) is 0 Å². The predicted molar refractivity (Wildman–Crippen MR) is 80.4 cm³/mol.